The molecule has 8 nitrogen and oxygen atoms in total. The lowest BCUT2D eigenvalue weighted by Crippen LogP contribution is -2.32. The predicted octanol–water partition coefficient (Wildman–Crippen LogP) is 2.78. The number of fused-ring (bicyclic) bond motifs is 3. The van der Waals surface area contributed by atoms with Crippen LogP contribution in [0.5, 0.6) is 0 Å². The Balaban J connectivity index is 1.41. The van der Waals surface area contributed by atoms with Gasteiger partial charge in [0.05, 0.1) is 5.69 Å². The number of rotatable bonds is 5. The molecule has 0 atom stereocenters. The van der Waals surface area contributed by atoms with Crippen molar-refractivity contribution in [3.8, 4) is 11.3 Å². The fraction of sp³-hybridized carbons (Fsp3) is 0.0909. The van der Waals surface area contributed by atoms with Gasteiger partial charge in [-0.15, -0.1) is 5.10 Å². The van der Waals surface area contributed by atoms with Crippen molar-refractivity contribution in [2.24, 2.45) is 0 Å². The Morgan fingerprint density at radius 3 is 2.55 bits per heavy atom. The Hall–Kier alpha value is -3.91. The lowest BCUT2D eigenvalue weighted by atomic mass is 10.1. The SMILES string of the molecule is O=C(Cn1nc2c3cc(-c4ccccc4)nn3ccn2c1=O)NCc1ccc(Cl)cc1. The van der Waals surface area contributed by atoms with Crippen LogP contribution < -0.4 is 11.0 Å². The topological polar surface area (TPSA) is 85.7 Å². The molecule has 5 rings (SSSR count). The molecule has 31 heavy (non-hydrogen) atoms. The molecule has 5 aromatic rings. The number of hydrogen-bond acceptors (Lipinski definition) is 4. The van der Waals surface area contributed by atoms with Crippen molar-refractivity contribution in [1.82, 2.24) is 29.1 Å². The van der Waals surface area contributed by atoms with Crippen LogP contribution in [0.3, 0.4) is 0 Å². The highest BCUT2D eigenvalue weighted by Crippen LogP contribution is 2.20. The van der Waals surface area contributed by atoms with Crippen LogP contribution in [0.25, 0.3) is 22.4 Å². The molecule has 0 spiro atoms. The van der Waals surface area contributed by atoms with E-state index in [1.54, 1.807) is 29.0 Å². The highest BCUT2D eigenvalue weighted by molar-refractivity contribution is 6.30. The zero-order chi connectivity index (χ0) is 21.4. The first-order chi connectivity index (χ1) is 15.1. The van der Waals surface area contributed by atoms with Crippen LogP contribution in [0.4, 0.5) is 0 Å². The van der Waals surface area contributed by atoms with E-state index in [1.807, 2.05) is 48.5 Å². The van der Waals surface area contributed by atoms with Crippen molar-refractivity contribution in [2.75, 3.05) is 0 Å². The van der Waals surface area contributed by atoms with Gasteiger partial charge in [-0.1, -0.05) is 54.1 Å². The molecule has 154 valence electrons. The minimum absolute atomic E-state index is 0.181. The van der Waals surface area contributed by atoms with E-state index in [0.717, 1.165) is 21.5 Å². The van der Waals surface area contributed by atoms with Crippen LogP contribution in [0.1, 0.15) is 5.56 Å². The number of halogens is 1. The van der Waals surface area contributed by atoms with E-state index in [-0.39, 0.29) is 18.1 Å². The molecule has 0 aliphatic rings. The fourth-order valence-corrected chi connectivity index (χ4v) is 3.51. The fourth-order valence-electron chi connectivity index (χ4n) is 3.38. The molecular formula is C22H17ClN6O2. The summed E-state index contributed by atoms with van der Waals surface area (Å²) in [5.41, 5.74) is 3.38. The van der Waals surface area contributed by atoms with Crippen molar-refractivity contribution >= 4 is 28.7 Å². The van der Waals surface area contributed by atoms with Crippen molar-refractivity contribution in [1.29, 1.82) is 0 Å². The molecule has 3 aromatic heterocycles. The predicted molar refractivity (Wildman–Crippen MR) is 117 cm³/mol. The summed E-state index contributed by atoms with van der Waals surface area (Å²) in [5.74, 6) is -0.310. The van der Waals surface area contributed by atoms with Crippen LogP contribution in [-0.4, -0.2) is 29.7 Å². The van der Waals surface area contributed by atoms with Gasteiger partial charge in [-0.25, -0.2) is 18.4 Å². The number of amides is 1. The molecule has 9 heteroatoms. The number of aromatic nitrogens is 5. The summed E-state index contributed by atoms with van der Waals surface area (Å²) in [4.78, 5) is 25.1. The third-order valence-electron chi connectivity index (χ3n) is 4.96. The quantitative estimate of drug-likeness (QED) is 0.462. The maximum absolute atomic E-state index is 12.7. The van der Waals surface area contributed by atoms with Gasteiger partial charge >= 0.3 is 5.69 Å². The van der Waals surface area contributed by atoms with E-state index in [4.69, 9.17) is 11.6 Å². The molecule has 0 fully saturated rings. The second kappa shape index (κ2) is 7.73. The average molecular weight is 433 g/mol. The molecule has 0 saturated carbocycles. The molecule has 0 bridgehead atoms. The summed E-state index contributed by atoms with van der Waals surface area (Å²) >= 11 is 5.87. The summed E-state index contributed by atoms with van der Waals surface area (Å²) in [6.07, 6.45) is 3.30. The molecule has 1 N–H and O–H groups in total. The Morgan fingerprint density at radius 2 is 1.77 bits per heavy atom. The summed E-state index contributed by atoms with van der Waals surface area (Å²) < 4.78 is 4.25. The van der Waals surface area contributed by atoms with Gasteiger partial charge in [0.1, 0.15) is 12.1 Å². The van der Waals surface area contributed by atoms with Gasteiger partial charge in [0.15, 0.2) is 5.65 Å². The number of hydrogen-bond donors (Lipinski definition) is 1. The van der Waals surface area contributed by atoms with Crippen molar-refractivity contribution < 1.29 is 4.79 Å². The average Bonchev–Trinajstić information content (AvgIpc) is 3.36. The number of nitrogens with zero attached hydrogens (tertiary/aromatic N) is 5. The Bertz CT molecular complexity index is 1450. The molecule has 3 heterocycles. The van der Waals surface area contributed by atoms with Gasteiger partial charge in [0.2, 0.25) is 5.91 Å². The summed E-state index contributed by atoms with van der Waals surface area (Å²) in [5, 5.41) is 12.4. The van der Waals surface area contributed by atoms with Crippen LogP contribution in [-0.2, 0) is 17.9 Å². The van der Waals surface area contributed by atoms with Gasteiger partial charge in [0.25, 0.3) is 0 Å². The van der Waals surface area contributed by atoms with E-state index in [1.165, 1.54) is 4.40 Å². The second-order valence-corrected chi connectivity index (χ2v) is 7.50. The molecule has 0 radical (unpaired) electrons. The van der Waals surface area contributed by atoms with Crippen LogP contribution in [0.2, 0.25) is 5.02 Å². The molecule has 2 aromatic carbocycles. The normalized spacial score (nSPS) is 11.3. The first kappa shape index (κ1) is 19.1. The van der Waals surface area contributed by atoms with E-state index in [2.05, 4.69) is 15.5 Å². The van der Waals surface area contributed by atoms with Crippen molar-refractivity contribution in [3.63, 3.8) is 0 Å². The molecule has 0 saturated heterocycles. The first-order valence-corrected chi connectivity index (χ1v) is 10.0. The van der Waals surface area contributed by atoms with Crippen molar-refractivity contribution in [2.45, 2.75) is 13.1 Å². The maximum Gasteiger partial charge on any atom is 0.350 e. The molecular weight excluding hydrogens is 416 g/mol. The first-order valence-electron chi connectivity index (χ1n) is 9.62. The van der Waals surface area contributed by atoms with Gasteiger partial charge in [-0.05, 0) is 23.8 Å². The third-order valence-corrected chi connectivity index (χ3v) is 5.21. The highest BCUT2D eigenvalue weighted by Gasteiger charge is 2.15. The minimum atomic E-state index is -0.387. The van der Waals surface area contributed by atoms with Crippen molar-refractivity contribution in [3.05, 3.63) is 94.1 Å². The number of carbonyl (C=O) groups excluding carboxylic acids is 1. The number of nitrogens with one attached hydrogen (secondary N) is 1. The standard InChI is InChI=1S/C22H17ClN6O2/c23-17-8-6-15(7-9-17)13-24-20(30)14-29-22(31)27-10-11-28-19(21(27)26-29)12-18(25-28)16-4-2-1-3-5-16/h1-12H,13-14H2,(H,24,30). The Labute approximate surface area is 181 Å². The monoisotopic (exact) mass is 432 g/mol. The van der Waals surface area contributed by atoms with Gasteiger partial charge in [-0.3, -0.25) is 4.79 Å². The third kappa shape index (κ3) is 3.69. The molecule has 0 aliphatic heterocycles. The zero-order valence-electron chi connectivity index (χ0n) is 16.3. The van der Waals surface area contributed by atoms with Gasteiger partial charge in [0, 0.05) is 29.5 Å². The van der Waals surface area contributed by atoms with E-state index >= 15 is 0 Å². The Morgan fingerprint density at radius 1 is 1.00 bits per heavy atom. The highest BCUT2D eigenvalue weighted by atomic mass is 35.5. The van der Waals surface area contributed by atoms with Crippen LogP contribution >= 0.6 is 11.6 Å². The van der Waals surface area contributed by atoms with Gasteiger partial charge in [-0.2, -0.15) is 5.10 Å². The molecule has 0 aliphatic carbocycles. The Kier molecular flexibility index (Phi) is 4.76. The smallest absolute Gasteiger partial charge is 0.350 e. The second-order valence-electron chi connectivity index (χ2n) is 7.06. The molecule has 1 amide bonds. The lowest BCUT2D eigenvalue weighted by molar-refractivity contribution is -0.122. The maximum atomic E-state index is 12.7. The van der Waals surface area contributed by atoms with E-state index in [9.17, 15) is 9.59 Å². The lowest BCUT2D eigenvalue weighted by Gasteiger charge is -2.05. The number of benzene rings is 2. The summed E-state index contributed by atoms with van der Waals surface area (Å²) in [7, 11) is 0. The summed E-state index contributed by atoms with van der Waals surface area (Å²) in [6.45, 7) is 0.158. The summed E-state index contributed by atoms with van der Waals surface area (Å²) in [6, 6.07) is 18.8. The van der Waals surface area contributed by atoms with Crippen LogP contribution in [0, 0.1) is 0 Å². The largest absolute Gasteiger partial charge is 0.350 e. The van der Waals surface area contributed by atoms with E-state index in [0.29, 0.717) is 22.7 Å². The van der Waals surface area contributed by atoms with Crippen LogP contribution in [0.15, 0.2) is 77.9 Å². The van der Waals surface area contributed by atoms with E-state index < -0.39 is 0 Å². The van der Waals surface area contributed by atoms with Gasteiger partial charge < -0.3 is 5.32 Å². The number of carbonyl (C=O) groups is 1. The zero-order valence-corrected chi connectivity index (χ0v) is 17.0. The minimum Gasteiger partial charge on any atom is -0.350 e. The molecule has 0 unspecified atom stereocenters.